The van der Waals surface area contributed by atoms with Crippen LogP contribution >= 0.6 is 16.9 Å². The molecule has 5 aliphatic heterocycles. The number of phenolic OH excluding ortho intramolecular Hbond substituents is 2. The number of ether oxygens (including phenoxy) is 5. The number of phenols is 2. The van der Waals surface area contributed by atoms with Gasteiger partial charge in [-0.1, -0.05) is 71.9 Å². The van der Waals surface area contributed by atoms with E-state index in [9.17, 15) is 48.4 Å². The third kappa shape index (κ3) is 13.8. The average molecular weight is 1170 g/mol. The van der Waals surface area contributed by atoms with Crippen LogP contribution in [-0.2, 0) is 53.7 Å². The molecule has 0 aromatic heterocycles. The molecule has 21 nitrogen and oxygen atoms in total. The molecule has 3 aromatic rings. The van der Waals surface area contributed by atoms with Gasteiger partial charge in [-0.15, -0.1) is 0 Å². The van der Waals surface area contributed by atoms with Gasteiger partial charge in [-0.3, -0.25) is 43.0 Å². The van der Waals surface area contributed by atoms with Gasteiger partial charge in [0.15, 0.2) is 22.7 Å². The normalized spacial score (nSPS) is 27.7. The molecule has 5 aliphatic rings. The first-order chi connectivity index (χ1) is 38.7. The molecule has 3 aromatic carbocycles. The summed E-state index contributed by atoms with van der Waals surface area (Å²) in [5, 5.41) is 42.3. The summed E-state index contributed by atoms with van der Waals surface area (Å²) in [6.07, 6.45) is 4.68. The van der Waals surface area contributed by atoms with Crippen molar-refractivity contribution >= 4 is 68.6 Å². The van der Waals surface area contributed by atoms with Crippen LogP contribution in [0.3, 0.4) is 0 Å². The van der Waals surface area contributed by atoms with Gasteiger partial charge < -0.3 is 54.5 Å². The van der Waals surface area contributed by atoms with Crippen LogP contribution in [0.25, 0.3) is 10.8 Å². The molecule has 5 heterocycles. The molecule has 8 rings (SSSR count). The number of carbonyl (C=O) groups excluding carboxylic acids is 5. The number of likely N-dealkylation sites (tertiary alicyclic amines) is 1. The number of aromatic hydroxyl groups is 2. The smallest absolute Gasteiger partial charge is 0.320 e. The number of rotatable bonds is 14. The van der Waals surface area contributed by atoms with E-state index in [4.69, 9.17) is 28.7 Å². The lowest BCUT2D eigenvalue weighted by Gasteiger charge is -2.39. The molecule has 0 unspecified atom stereocenters. The fourth-order valence-electron chi connectivity index (χ4n) is 11.4. The summed E-state index contributed by atoms with van der Waals surface area (Å²) in [7, 11) is 2.51. The fraction of sp³-hybridized carbons (Fsp3) is 0.542. The molecule has 82 heavy (non-hydrogen) atoms. The second-order valence-corrected chi connectivity index (χ2v) is 24.8. The lowest BCUT2D eigenvalue weighted by atomic mass is 9.78. The number of methoxy groups -OCH3 is 1. The molecule has 442 valence electrons. The molecular formula is C59H76N6O15P2. The van der Waals surface area contributed by atoms with Crippen LogP contribution in [0, 0.1) is 36.5 Å². The van der Waals surface area contributed by atoms with Gasteiger partial charge in [0, 0.05) is 99.3 Å². The van der Waals surface area contributed by atoms with Gasteiger partial charge in [-0.2, -0.15) is 0 Å². The Morgan fingerprint density at radius 1 is 0.927 bits per heavy atom. The van der Waals surface area contributed by atoms with Gasteiger partial charge in [0.2, 0.25) is 5.91 Å². The number of carbonyl (C=O) groups is 5. The minimum atomic E-state index is -2.03. The van der Waals surface area contributed by atoms with E-state index in [1.807, 2.05) is 0 Å². The van der Waals surface area contributed by atoms with Crippen LogP contribution in [-0.4, -0.2) is 143 Å². The number of nitrogens with zero attached hydrogens (tertiary/aromatic N) is 4. The number of hydrogen-bond acceptors (Lipinski definition) is 19. The number of aliphatic hydroxyl groups excluding tert-OH is 1. The zero-order valence-electron chi connectivity index (χ0n) is 48.6. The molecular weight excluding hydrogens is 1090 g/mol. The highest BCUT2D eigenvalue weighted by Gasteiger charge is 2.51. The van der Waals surface area contributed by atoms with Crippen molar-refractivity contribution < 1.29 is 72.1 Å². The number of piperidine rings is 1. The first-order valence-electron chi connectivity index (χ1n) is 27.6. The maximum atomic E-state index is 15.0. The molecule has 5 N–H and O–H groups in total. The SMILES string of the molecule is CO[C@H]1/C=C/O[C@@]2(C)Oc3c(C)c(O)c4c(O)c(c5c(c4c3C2=O)NC2(CCN(CC(C)C)CC2)N=5)=NC(=O)/C(C)=C\C=C\[C@H](C)[C@H](OC(=O)CN(C)CC(=O)Nc2ccc(CC(P=O)P=O)cc2)[C@@H](C)[C@@H](O)[C@@H](C)[C@H](OC(C)=O)[C@@H]1C. The topological polar surface area (TPSA) is 282 Å². The Bertz CT molecular complexity index is 3190. The van der Waals surface area contributed by atoms with Gasteiger partial charge in [0.1, 0.15) is 45.5 Å². The van der Waals surface area contributed by atoms with E-state index in [1.165, 1.54) is 58.1 Å². The number of Topliss-reactive ketones (excluding diaryl/α,β-unsaturated/α-hetero) is 1. The lowest BCUT2D eigenvalue weighted by Crippen LogP contribution is -2.48. The maximum absolute atomic E-state index is 15.0. The lowest BCUT2D eigenvalue weighted by molar-refractivity contribution is -0.165. The minimum Gasteiger partial charge on any atom is -0.507 e. The first kappa shape index (κ1) is 63.1. The molecule has 1 fully saturated rings. The summed E-state index contributed by atoms with van der Waals surface area (Å²) >= 11 is 0. The summed E-state index contributed by atoms with van der Waals surface area (Å²) in [5.41, 5.74) is 0.862. The Hall–Kier alpha value is -6.47. The summed E-state index contributed by atoms with van der Waals surface area (Å²) in [5.74, 6) is -8.79. The number of fused-ring (bicyclic) bond motifs is 13. The summed E-state index contributed by atoms with van der Waals surface area (Å²) in [4.78, 5) is 82.5. The number of ketones is 1. The Kier molecular flexibility index (Phi) is 20.3. The van der Waals surface area contributed by atoms with Gasteiger partial charge in [0.25, 0.3) is 11.7 Å². The molecule has 0 saturated carbocycles. The van der Waals surface area contributed by atoms with Gasteiger partial charge in [-0.25, -0.2) is 4.99 Å². The summed E-state index contributed by atoms with van der Waals surface area (Å²) in [6.45, 7) is 18.6. The van der Waals surface area contributed by atoms with E-state index in [-0.39, 0.29) is 79.6 Å². The maximum Gasteiger partial charge on any atom is 0.320 e. The van der Waals surface area contributed by atoms with Crippen molar-refractivity contribution in [3.63, 3.8) is 0 Å². The van der Waals surface area contributed by atoms with Crippen molar-refractivity contribution in [1.82, 2.24) is 9.80 Å². The Morgan fingerprint density at radius 3 is 2.21 bits per heavy atom. The highest BCUT2D eigenvalue weighted by molar-refractivity contribution is 7.44. The molecule has 1 saturated heterocycles. The molecule has 23 heteroatoms. The number of benzene rings is 3. The Labute approximate surface area is 480 Å². The predicted molar refractivity (Wildman–Crippen MR) is 307 cm³/mol. The number of hydrogen-bond donors (Lipinski definition) is 5. The van der Waals surface area contributed by atoms with Crippen LogP contribution in [0.5, 0.6) is 17.2 Å². The van der Waals surface area contributed by atoms with E-state index in [0.29, 0.717) is 44.0 Å². The number of likely N-dealkylation sites (N-methyl/N-ethyl adjacent to an activating group) is 1. The predicted octanol–water partition coefficient (Wildman–Crippen LogP) is 7.32. The summed E-state index contributed by atoms with van der Waals surface area (Å²) < 4.78 is 53.1. The molecule has 0 aliphatic carbocycles. The second-order valence-electron chi connectivity index (χ2n) is 22.8. The van der Waals surface area contributed by atoms with Crippen molar-refractivity contribution in [3.05, 3.63) is 87.8 Å². The van der Waals surface area contributed by atoms with E-state index < -0.39 is 106 Å². The molecule has 1 spiro atoms. The molecule has 9 atom stereocenters. The van der Waals surface area contributed by atoms with E-state index >= 15 is 0 Å². The monoisotopic (exact) mass is 1170 g/mol. The number of nitrogens with one attached hydrogen (secondary N) is 2. The van der Waals surface area contributed by atoms with Crippen molar-refractivity contribution in [3.8, 4) is 17.2 Å². The van der Waals surface area contributed by atoms with Crippen molar-refractivity contribution in [1.29, 1.82) is 0 Å². The number of amides is 2. The highest BCUT2D eigenvalue weighted by Crippen LogP contribution is 2.51. The Balaban J connectivity index is 1.27. The van der Waals surface area contributed by atoms with Crippen molar-refractivity contribution in [2.24, 2.45) is 39.6 Å². The largest absolute Gasteiger partial charge is 0.507 e. The third-order valence-electron chi connectivity index (χ3n) is 15.9. The quantitative estimate of drug-likeness (QED) is 0.0600. The van der Waals surface area contributed by atoms with Crippen LogP contribution in [0.15, 0.2) is 70.4 Å². The van der Waals surface area contributed by atoms with Crippen LogP contribution < -0.4 is 26.1 Å². The molecule has 5 bridgehead atoms. The van der Waals surface area contributed by atoms with E-state index in [2.05, 4.69) is 34.4 Å². The van der Waals surface area contributed by atoms with Gasteiger partial charge >= 0.3 is 17.7 Å². The molecule has 2 amide bonds. The first-order valence-corrected chi connectivity index (χ1v) is 29.3. The zero-order chi connectivity index (χ0) is 60.1. The number of aliphatic hydroxyl groups is 1. The van der Waals surface area contributed by atoms with Crippen molar-refractivity contribution in [2.45, 2.75) is 130 Å². The number of allylic oxidation sites excluding steroid dienone is 2. The minimum absolute atomic E-state index is 0.0140. The number of esters is 2. The van der Waals surface area contributed by atoms with E-state index in [0.717, 1.165) is 12.1 Å². The zero-order valence-corrected chi connectivity index (χ0v) is 50.3. The summed E-state index contributed by atoms with van der Waals surface area (Å²) in [6, 6.07) is 6.77. The highest BCUT2D eigenvalue weighted by atomic mass is 31.1. The second kappa shape index (κ2) is 26.4. The number of anilines is 2. The average Bonchev–Trinajstić information content (AvgIpc) is 1.69. The van der Waals surface area contributed by atoms with E-state index in [1.54, 1.807) is 71.2 Å². The van der Waals surface area contributed by atoms with Crippen LogP contribution in [0.2, 0.25) is 0 Å². The van der Waals surface area contributed by atoms with Crippen molar-refractivity contribution in [2.75, 3.05) is 57.5 Å². The Morgan fingerprint density at radius 2 is 1.59 bits per heavy atom. The van der Waals surface area contributed by atoms with Crippen LogP contribution in [0.4, 0.5) is 11.4 Å². The molecule has 0 radical (unpaired) electrons. The third-order valence-corrected chi connectivity index (χ3v) is 17.3. The van der Waals surface area contributed by atoms with Gasteiger partial charge in [0.05, 0.1) is 48.2 Å². The van der Waals surface area contributed by atoms with Crippen LogP contribution in [0.1, 0.15) is 96.6 Å². The van der Waals surface area contributed by atoms with Gasteiger partial charge in [-0.05, 0) is 57.0 Å². The fourth-order valence-corrected chi connectivity index (χ4v) is 12.1. The standard InChI is InChI=1S/C59H76N6O15P2/c1-30(2)27-65-23-21-59(22-24-65)62-47-44-45-51(70)36(8)55-46(44)56(72)58(10,80-55)77-25-20-40(76-12)33(5)54(78-37(9)66)35(7)50(69)34(6)53(31(3)14-13-15-32(4)57(73)61-49(52(45)71)48(47)63-59)79-42(68)29-64(11)28-41(67)60-39-18-16-38(17-19-39)26-43(81-74)82-75/h13-20,25,30-31,33-35,40,43,50,53-54,62,69-71H,21-24,26-29H2,1-12H3,(H,60,67)/b14-13+,25-20+,32-15-,61-49?/t31-,33+,34-,35+,40-,50+,53-,54+,58-/m0/s1.